The Hall–Kier alpha value is -3.22. The number of benzene rings is 1. The Bertz CT molecular complexity index is 1480. The predicted octanol–water partition coefficient (Wildman–Crippen LogP) is 6.78. The van der Waals surface area contributed by atoms with Crippen LogP contribution in [0.3, 0.4) is 0 Å². The third-order valence-corrected chi connectivity index (χ3v) is 11.0. The highest BCUT2D eigenvalue weighted by Gasteiger charge is 2.57. The van der Waals surface area contributed by atoms with Crippen LogP contribution in [-0.2, 0) is 17.6 Å². The van der Waals surface area contributed by atoms with Gasteiger partial charge in [-0.15, -0.1) is 0 Å². The summed E-state index contributed by atoms with van der Waals surface area (Å²) in [5, 5.41) is 4.29. The lowest BCUT2D eigenvalue weighted by Gasteiger charge is -2.62. The van der Waals surface area contributed by atoms with Gasteiger partial charge in [-0.1, -0.05) is 44.0 Å². The van der Waals surface area contributed by atoms with Crippen molar-refractivity contribution in [1.29, 1.82) is 0 Å². The van der Waals surface area contributed by atoms with E-state index in [1.54, 1.807) is 49.1 Å². The molecule has 42 heavy (non-hydrogen) atoms. The molecule has 1 N–H and O–H groups in total. The second-order valence-corrected chi connectivity index (χ2v) is 13.7. The van der Waals surface area contributed by atoms with Crippen LogP contribution < -0.4 is 5.32 Å². The SMILES string of the molecule is CC1C(CN2C(=O)C(Cc3ccncc3)(Cc3ccncc3)NC2=CC(=O)c2ccc(Cl)c(Cl)c2)CC2CC1C2(C)C. The molecule has 3 heterocycles. The standard InChI is InChI=1S/C34H36Cl2N4O2/c1-21-25(14-26-16-27(21)33(26,2)3)20-40-31(17-30(41)24-4-5-28(35)29(36)15-24)39-34(32(40)42,18-22-6-10-37-11-7-22)19-23-8-12-38-13-9-23/h4-13,15,17,21,25-27,39H,14,16,18-20H2,1-3H3. The predicted molar refractivity (Wildman–Crippen MR) is 165 cm³/mol. The molecule has 1 saturated heterocycles. The minimum atomic E-state index is -0.980. The molecule has 3 aromatic rings. The first-order chi connectivity index (χ1) is 20.1. The van der Waals surface area contributed by atoms with Crippen LogP contribution >= 0.6 is 23.2 Å². The fraction of sp³-hybridized carbons (Fsp3) is 0.412. The van der Waals surface area contributed by atoms with Gasteiger partial charge in [-0.2, -0.15) is 0 Å². The molecule has 1 aromatic carbocycles. The van der Waals surface area contributed by atoms with Gasteiger partial charge < -0.3 is 5.32 Å². The van der Waals surface area contributed by atoms with Crippen LogP contribution in [0.25, 0.3) is 0 Å². The smallest absolute Gasteiger partial charge is 0.254 e. The van der Waals surface area contributed by atoms with E-state index in [1.165, 1.54) is 6.42 Å². The molecule has 2 aromatic heterocycles. The second kappa shape index (κ2) is 11.1. The van der Waals surface area contributed by atoms with Gasteiger partial charge in [0, 0.05) is 55.8 Å². The Morgan fingerprint density at radius 2 is 1.60 bits per heavy atom. The van der Waals surface area contributed by atoms with Crippen LogP contribution in [0.15, 0.2) is 79.1 Å². The molecule has 4 fully saturated rings. The molecule has 2 bridgehead atoms. The number of ketones is 1. The minimum absolute atomic E-state index is 0.0185. The van der Waals surface area contributed by atoms with Gasteiger partial charge in [0.2, 0.25) is 0 Å². The van der Waals surface area contributed by atoms with E-state index in [0.717, 1.165) is 17.5 Å². The van der Waals surface area contributed by atoms with Crippen molar-refractivity contribution in [3.05, 3.63) is 106 Å². The number of rotatable bonds is 8. The summed E-state index contributed by atoms with van der Waals surface area (Å²) >= 11 is 12.4. The molecule has 4 unspecified atom stereocenters. The number of aromatic nitrogens is 2. The van der Waals surface area contributed by atoms with E-state index in [2.05, 4.69) is 36.1 Å². The minimum Gasteiger partial charge on any atom is -0.357 e. The molecule has 6 nitrogen and oxygen atoms in total. The van der Waals surface area contributed by atoms with Gasteiger partial charge in [-0.3, -0.25) is 24.5 Å². The quantitative estimate of drug-likeness (QED) is 0.227. The van der Waals surface area contributed by atoms with Crippen LogP contribution in [0, 0.1) is 29.1 Å². The molecule has 0 radical (unpaired) electrons. The van der Waals surface area contributed by atoms with Gasteiger partial charge in [-0.25, -0.2) is 0 Å². The van der Waals surface area contributed by atoms with Crippen molar-refractivity contribution in [2.45, 2.75) is 52.0 Å². The molecule has 4 aliphatic rings. The number of carbonyl (C=O) groups is 2. The summed E-state index contributed by atoms with van der Waals surface area (Å²) < 4.78 is 0. The molecule has 1 amide bonds. The average molecular weight is 604 g/mol. The first-order valence-electron chi connectivity index (χ1n) is 14.7. The van der Waals surface area contributed by atoms with Crippen molar-refractivity contribution in [2.24, 2.45) is 29.1 Å². The second-order valence-electron chi connectivity index (χ2n) is 12.9. The highest BCUT2D eigenvalue weighted by atomic mass is 35.5. The van der Waals surface area contributed by atoms with Crippen molar-refractivity contribution in [2.75, 3.05) is 6.54 Å². The maximum absolute atomic E-state index is 14.7. The number of hydrogen-bond donors (Lipinski definition) is 1. The van der Waals surface area contributed by atoms with Crippen LogP contribution in [-0.4, -0.2) is 38.6 Å². The Labute approximate surface area is 257 Å². The van der Waals surface area contributed by atoms with Crippen LogP contribution in [0.4, 0.5) is 0 Å². The van der Waals surface area contributed by atoms with Crippen LogP contribution in [0.1, 0.15) is 55.1 Å². The molecule has 1 aliphatic heterocycles. The number of fused-ring (bicyclic) bond motifs is 2. The normalized spacial score (nSPS) is 26.5. The molecule has 4 atom stereocenters. The highest BCUT2D eigenvalue weighted by Crippen LogP contribution is 2.63. The van der Waals surface area contributed by atoms with Crippen molar-refractivity contribution in [3.63, 3.8) is 0 Å². The molecular formula is C34H36Cl2N4O2. The maximum atomic E-state index is 14.7. The number of nitrogens with zero attached hydrogens (tertiary/aromatic N) is 3. The van der Waals surface area contributed by atoms with Crippen LogP contribution in [0.5, 0.6) is 0 Å². The zero-order valence-electron chi connectivity index (χ0n) is 24.2. The molecular weight excluding hydrogens is 567 g/mol. The summed E-state index contributed by atoms with van der Waals surface area (Å²) in [5.41, 5.74) is 1.77. The van der Waals surface area contributed by atoms with Gasteiger partial charge in [0.25, 0.3) is 5.91 Å². The van der Waals surface area contributed by atoms with E-state index >= 15 is 0 Å². The fourth-order valence-electron chi connectivity index (χ4n) is 7.62. The average Bonchev–Trinajstić information content (AvgIpc) is 3.21. The Kier molecular flexibility index (Phi) is 7.65. The summed E-state index contributed by atoms with van der Waals surface area (Å²) in [6.45, 7) is 7.69. The number of nitrogens with one attached hydrogen (secondary N) is 1. The van der Waals surface area contributed by atoms with Gasteiger partial charge in [0.15, 0.2) is 5.78 Å². The zero-order chi connectivity index (χ0) is 29.6. The number of carbonyl (C=O) groups excluding carboxylic acids is 2. The molecule has 0 spiro atoms. The number of amides is 1. The van der Waals surface area contributed by atoms with Gasteiger partial charge in [0.1, 0.15) is 11.4 Å². The number of halogens is 2. The zero-order valence-corrected chi connectivity index (χ0v) is 25.7. The lowest BCUT2D eigenvalue weighted by atomic mass is 9.43. The first kappa shape index (κ1) is 28.9. The number of allylic oxidation sites excluding steroid dienone is 1. The fourth-order valence-corrected chi connectivity index (χ4v) is 7.92. The molecule has 218 valence electrons. The van der Waals surface area contributed by atoms with Crippen molar-refractivity contribution < 1.29 is 9.59 Å². The summed E-state index contributed by atoms with van der Waals surface area (Å²) in [5.74, 6) is 2.43. The van der Waals surface area contributed by atoms with Crippen molar-refractivity contribution >= 4 is 34.9 Å². The van der Waals surface area contributed by atoms with Crippen molar-refractivity contribution in [3.8, 4) is 0 Å². The monoisotopic (exact) mass is 602 g/mol. The highest BCUT2D eigenvalue weighted by molar-refractivity contribution is 6.42. The summed E-state index contributed by atoms with van der Waals surface area (Å²) in [6.07, 6.45) is 11.8. The lowest BCUT2D eigenvalue weighted by molar-refractivity contribution is -0.142. The summed E-state index contributed by atoms with van der Waals surface area (Å²) in [6, 6.07) is 12.6. The number of pyridine rings is 2. The van der Waals surface area contributed by atoms with E-state index in [0.29, 0.717) is 69.9 Å². The Morgan fingerprint density at radius 1 is 0.976 bits per heavy atom. The van der Waals surface area contributed by atoms with E-state index < -0.39 is 5.54 Å². The van der Waals surface area contributed by atoms with Gasteiger partial charge in [-0.05, 0) is 95.5 Å². The lowest BCUT2D eigenvalue weighted by Crippen LogP contribution is -2.57. The van der Waals surface area contributed by atoms with Gasteiger partial charge >= 0.3 is 0 Å². The molecule has 7 rings (SSSR count). The molecule has 3 saturated carbocycles. The van der Waals surface area contributed by atoms with E-state index in [-0.39, 0.29) is 11.7 Å². The maximum Gasteiger partial charge on any atom is 0.254 e. The Balaban J connectivity index is 1.39. The summed E-state index contributed by atoms with van der Waals surface area (Å²) in [4.78, 5) is 38.5. The Morgan fingerprint density at radius 3 is 2.14 bits per heavy atom. The number of hydrogen-bond acceptors (Lipinski definition) is 5. The topological polar surface area (TPSA) is 75.2 Å². The first-order valence-corrected chi connectivity index (χ1v) is 15.4. The van der Waals surface area contributed by atoms with Crippen LogP contribution in [0.2, 0.25) is 10.0 Å². The van der Waals surface area contributed by atoms with Gasteiger partial charge in [0.05, 0.1) is 10.0 Å². The van der Waals surface area contributed by atoms with E-state index in [9.17, 15) is 9.59 Å². The molecule has 3 aliphatic carbocycles. The third-order valence-electron chi connectivity index (χ3n) is 10.2. The van der Waals surface area contributed by atoms with E-state index in [1.807, 2.05) is 29.2 Å². The van der Waals surface area contributed by atoms with Crippen molar-refractivity contribution in [1.82, 2.24) is 20.2 Å². The third kappa shape index (κ3) is 5.24. The van der Waals surface area contributed by atoms with E-state index in [4.69, 9.17) is 23.2 Å². The summed E-state index contributed by atoms with van der Waals surface area (Å²) in [7, 11) is 0. The molecule has 8 heteroatoms. The largest absolute Gasteiger partial charge is 0.357 e.